The van der Waals surface area contributed by atoms with Crippen molar-refractivity contribution in [1.29, 1.82) is 0 Å². The Bertz CT molecular complexity index is 1140. The molecule has 4 atom stereocenters. The number of carbonyl (C=O) groups is 4. The second-order valence-corrected chi connectivity index (χ2v) is 9.85. The summed E-state index contributed by atoms with van der Waals surface area (Å²) in [5.74, 6) is -1.93. The number of nitro benzene ring substituents is 1. The number of hydrogen-bond acceptors (Lipinski definition) is 8. The first-order valence-electron chi connectivity index (χ1n) is 12.8. The van der Waals surface area contributed by atoms with Crippen molar-refractivity contribution < 1.29 is 33.6 Å². The molecule has 3 aliphatic rings. The van der Waals surface area contributed by atoms with Crippen LogP contribution in [0.25, 0.3) is 0 Å². The summed E-state index contributed by atoms with van der Waals surface area (Å²) in [6.07, 6.45) is 6.03. The third-order valence-corrected chi connectivity index (χ3v) is 7.21. The molecular weight excluding hydrogens is 496 g/mol. The van der Waals surface area contributed by atoms with Crippen LogP contribution in [0.4, 0.5) is 10.5 Å². The van der Waals surface area contributed by atoms with Crippen molar-refractivity contribution in [2.45, 2.75) is 56.7 Å². The van der Waals surface area contributed by atoms with Gasteiger partial charge in [-0.15, -0.1) is 0 Å². The Morgan fingerprint density at radius 2 is 1.95 bits per heavy atom. The molecule has 0 spiro atoms. The lowest BCUT2D eigenvalue weighted by Gasteiger charge is -2.30. The quantitative estimate of drug-likeness (QED) is 0.265. The van der Waals surface area contributed by atoms with Gasteiger partial charge < -0.3 is 24.6 Å². The summed E-state index contributed by atoms with van der Waals surface area (Å²) in [7, 11) is 1.66. The summed E-state index contributed by atoms with van der Waals surface area (Å²) >= 11 is 0. The van der Waals surface area contributed by atoms with Crippen LogP contribution < -0.4 is 5.32 Å². The molecule has 4 rings (SSSR count). The highest BCUT2D eigenvalue weighted by Gasteiger charge is 2.62. The van der Waals surface area contributed by atoms with Crippen LogP contribution >= 0.6 is 0 Å². The monoisotopic (exact) mass is 528 g/mol. The van der Waals surface area contributed by atoms with E-state index in [9.17, 15) is 29.3 Å². The molecule has 204 valence electrons. The van der Waals surface area contributed by atoms with Crippen molar-refractivity contribution in [1.82, 2.24) is 15.1 Å². The standard InChI is InChI=1S/C26H32N4O8/c1-3-37-24(33)26-15-18(26)8-6-4-5-7-13-28(2)25(34)29-16-20(14-21(29)22(31)27-26)38-23(32)17-9-11-19(12-10-17)30(35)36/h6,8-12,18,20-21H,3-5,7,13-16H2,1-2H3,(H,27,31)/b8-6-. The smallest absolute Gasteiger partial charge is 0.338 e. The van der Waals surface area contributed by atoms with E-state index in [2.05, 4.69) is 5.32 Å². The number of allylic oxidation sites excluding steroid dienone is 1. The van der Waals surface area contributed by atoms with Gasteiger partial charge in [0.05, 0.1) is 23.6 Å². The summed E-state index contributed by atoms with van der Waals surface area (Å²) in [4.78, 5) is 65.6. The minimum atomic E-state index is -1.18. The highest BCUT2D eigenvalue weighted by atomic mass is 16.6. The topological polar surface area (TPSA) is 148 Å². The average Bonchev–Trinajstić information content (AvgIpc) is 3.42. The molecule has 4 unspecified atom stereocenters. The zero-order valence-electron chi connectivity index (χ0n) is 21.5. The Morgan fingerprint density at radius 1 is 1.21 bits per heavy atom. The zero-order chi connectivity index (χ0) is 27.4. The number of fused-ring (bicyclic) bond motifs is 2. The number of hydrogen-bond donors (Lipinski definition) is 1. The van der Waals surface area contributed by atoms with Crippen LogP contribution in [0.3, 0.4) is 0 Å². The number of ether oxygens (including phenoxy) is 2. The van der Waals surface area contributed by atoms with Gasteiger partial charge in [-0.1, -0.05) is 12.2 Å². The number of rotatable bonds is 5. The molecule has 2 heterocycles. The number of nitrogens with zero attached hydrogens (tertiary/aromatic N) is 3. The Labute approximate surface area is 220 Å². The third-order valence-electron chi connectivity index (χ3n) is 7.21. The number of non-ortho nitro benzene ring substituents is 1. The van der Waals surface area contributed by atoms with Gasteiger partial charge in [-0.25, -0.2) is 14.4 Å². The van der Waals surface area contributed by atoms with Crippen LogP contribution in [0.1, 0.15) is 49.4 Å². The molecule has 2 aliphatic heterocycles. The van der Waals surface area contributed by atoms with E-state index in [4.69, 9.17) is 9.47 Å². The normalized spacial score (nSPS) is 28.3. The van der Waals surface area contributed by atoms with Crippen LogP contribution in [-0.2, 0) is 19.1 Å². The summed E-state index contributed by atoms with van der Waals surface area (Å²) in [5, 5.41) is 13.7. The molecule has 0 radical (unpaired) electrons. The van der Waals surface area contributed by atoms with E-state index < -0.39 is 40.5 Å². The summed E-state index contributed by atoms with van der Waals surface area (Å²) in [6, 6.07) is 3.66. The first-order valence-corrected chi connectivity index (χ1v) is 12.8. The third kappa shape index (κ3) is 5.63. The first kappa shape index (κ1) is 27.1. The Hall–Kier alpha value is -3.96. The van der Waals surface area contributed by atoms with Gasteiger partial charge in [-0.3, -0.25) is 14.9 Å². The van der Waals surface area contributed by atoms with Crippen LogP contribution in [-0.4, -0.2) is 83.0 Å². The van der Waals surface area contributed by atoms with Gasteiger partial charge >= 0.3 is 18.0 Å². The number of nitrogens with one attached hydrogen (secondary N) is 1. The van der Waals surface area contributed by atoms with Crippen molar-refractivity contribution in [2.75, 3.05) is 26.7 Å². The molecule has 0 aromatic heterocycles. The first-order chi connectivity index (χ1) is 18.2. The lowest BCUT2D eigenvalue weighted by Crippen LogP contribution is -2.55. The second-order valence-electron chi connectivity index (χ2n) is 9.85. The van der Waals surface area contributed by atoms with Crippen molar-refractivity contribution in [3.8, 4) is 0 Å². The van der Waals surface area contributed by atoms with Crippen LogP contribution in [0.15, 0.2) is 36.4 Å². The minimum absolute atomic E-state index is 0.00425. The highest BCUT2D eigenvalue weighted by Crippen LogP contribution is 2.46. The lowest BCUT2D eigenvalue weighted by atomic mass is 10.1. The lowest BCUT2D eigenvalue weighted by molar-refractivity contribution is -0.384. The molecule has 1 aliphatic carbocycles. The Kier molecular flexibility index (Phi) is 7.98. The fourth-order valence-electron chi connectivity index (χ4n) is 4.98. The fraction of sp³-hybridized carbons (Fsp3) is 0.538. The van der Waals surface area contributed by atoms with E-state index in [1.165, 1.54) is 34.1 Å². The van der Waals surface area contributed by atoms with Crippen LogP contribution in [0.2, 0.25) is 0 Å². The molecule has 12 heteroatoms. The summed E-state index contributed by atoms with van der Waals surface area (Å²) in [5.41, 5.74) is -1.22. The van der Waals surface area contributed by atoms with Crippen molar-refractivity contribution >= 4 is 29.6 Å². The van der Waals surface area contributed by atoms with Crippen LogP contribution in [0.5, 0.6) is 0 Å². The van der Waals surface area contributed by atoms with Crippen LogP contribution in [0, 0.1) is 16.0 Å². The predicted molar refractivity (Wildman–Crippen MR) is 134 cm³/mol. The van der Waals surface area contributed by atoms with Gasteiger partial charge in [0.1, 0.15) is 17.7 Å². The summed E-state index contributed by atoms with van der Waals surface area (Å²) in [6.45, 7) is 2.37. The molecule has 1 aromatic rings. The minimum Gasteiger partial charge on any atom is -0.464 e. The number of amides is 3. The van der Waals surface area contributed by atoms with E-state index in [0.717, 1.165) is 19.3 Å². The molecule has 2 fully saturated rings. The maximum atomic E-state index is 13.5. The van der Waals surface area contributed by atoms with Crippen molar-refractivity contribution in [3.05, 3.63) is 52.1 Å². The molecule has 38 heavy (non-hydrogen) atoms. The van der Waals surface area contributed by atoms with Gasteiger partial charge in [0.15, 0.2) is 0 Å². The molecule has 1 saturated heterocycles. The number of esters is 2. The number of urea groups is 1. The highest BCUT2D eigenvalue weighted by molar-refractivity contribution is 5.95. The fourth-order valence-corrected chi connectivity index (χ4v) is 4.98. The number of carbonyl (C=O) groups excluding carboxylic acids is 4. The molecule has 12 nitrogen and oxygen atoms in total. The second kappa shape index (κ2) is 11.2. The molecule has 0 bridgehead atoms. The maximum absolute atomic E-state index is 13.5. The van der Waals surface area contributed by atoms with Gasteiger partial charge in [0.25, 0.3) is 5.69 Å². The molecule has 1 aromatic carbocycles. The van der Waals surface area contributed by atoms with Gasteiger partial charge in [-0.05, 0) is 44.7 Å². The number of benzene rings is 1. The van der Waals surface area contributed by atoms with E-state index >= 15 is 0 Å². The number of nitro groups is 1. The molecular formula is C26H32N4O8. The SMILES string of the molecule is CCOC(=O)C12CC1/C=C\CCCCN(C)C(=O)N1CC(OC(=O)c3ccc([N+](=O)[O-])cc3)CC1C(=O)N2. The van der Waals surface area contributed by atoms with E-state index in [1.54, 1.807) is 14.0 Å². The van der Waals surface area contributed by atoms with Gasteiger partial charge in [0, 0.05) is 38.1 Å². The largest absolute Gasteiger partial charge is 0.464 e. The van der Waals surface area contributed by atoms with Crippen molar-refractivity contribution in [3.63, 3.8) is 0 Å². The van der Waals surface area contributed by atoms with E-state index in [-0.39, 0.29) is 42.8 Å². The van der Waals surface area contributed by atoms with E-state index in [1.807, 2.05) is 12.2 Å². The summed E-state index contributed by atoms with van der Waals surface area (Å²) < 4.78 is 10.9. The van der Waals surface area contributed by atoms with Gasteiger partial charge in [0.2, 0.25) is 5.91 Å². The zero-order valence-corrected chi connectivity index (χ0v) is 21.5. The van der Waals surface area contributed by atoms with Crippen molar-refractivity contribution in [2.24, 2.45) is 5.92 Å². The molecule has 1 N–H and O–H groups in total. The molecule has 3 amide bonds. The molecule has 1 saturated carbocycles. The van der Waals surface area contributed by atoms with E-state index in [0.29, 0.717) is 13.0 Å². The maximum Gasteiger partial charge on any atom is 0.338 e. The average molecular weight is 529 g/mol. The Morgan fingerprint density at radius 3 is 2.63 bits per heavy atom. The van der Waals surface area contributed by atoms with Gasteiger partial charge in [-0.2, -0.15) is 0 Å². The predicted octanol–water partition coefficient (Wildman–Crippen LogP) is 2.42. The Balaban J connectivity index is 1.54.